The molecule has 2 bridgehead atoms. The van der Waals surface area contributed by atoms with Gasteiger partial charge in [-0.3, -0.25) is 0 Å². The summed E-state index contributed by atoms with van der Waals surface area (Å²) in [5.74, 6) is 1.93. The van der Waals surface area contributed by atoms with Crippen molar-refractivity contribution >= 4 is 27.5 Å². The van der Waals surface area contributed by atoms with Crippen molar-refractivity contribution in [3.63, 3.8) is 0 Å². The quantitative estimate of drug-likeness (QED) is 0.277. The molecule has 5 fully saturated rings. The SMILES string of the molecule is CC1(C)[C@@H]2CC[C@@]1(CS(=O)(=O)N(C1CCCCC1)C1CCCCC1)[C@H](O[C@@H]1C[C@H](c3ccc(Cl)cc3)C(=C=[N-])[N+](=O)O1)C2. The minimum atomic E-state index is -3.59. The van der Waals surface area contributed by atoms with Crippen LogP contribution in [0.1, 0.15) is 115 Å². The van der Waals surface area contributed by atoms with Gasteiger partial charge in [-0.1, -0.05) is 76.1 Å². The Balaban J connectivity index is 1.28. The van der Waals surface area contributed by atoms with Crippen LogP contribution in [0.2, 0.25) is 5.02 Å². The number of fused-ring (bicyclic) bond motifs is 2. The molecular weight excluding hydrogens is 586 g/mol. The highest BCUT2D eigenvalue weighted by Gasteiger charge is 2.67. The van der Waals surface area contributed by atoms with Crippen molar-refractivity contribution in [3.05, 3.63) is 50.9 Å². The van der Waals surface area contributed by atoms with Gasteiger partial charge in [-0.05, 0) is 74.0 Å². The number of hydrogen-bond donors (Lipinski definition) is 0. The van der Waals surface area contributed by atoms with Crippen molar-refractivity contribution < 1.29 is 22.9 Å². The van der Waals surface area contributed by atoms with Crippen LogP contribution in [0, 0.1) is 21.7 Å². The Hall–Kier alpha value is -1.77. The molecule has 8 nitrogen and oxygen atoms in total. The highest BCUT2D eigenvalue weighted by Crippen LogP contribution is 2.67. The predicted molar refractivity (Wildman–Crippen MR) is 167 cm³/mol. The second-order valence-electron chi connectivity index (χ2n) is 14.3. The smallest absolute Gasteiger partial charge is 0.320 e. The maximum absolute atomic E-state index is 14.7. The molecular formula is C33H46ClN3O5S. The lowest BCUT2D eigenvalue weighted by molar-refractivity contribution is -0.801. The summed E-state index contributed by atoms with van der Waals surface area (Å²) < 4.78 is 38.1. The van der Waals surface area contributed by atoms with Crippen LogP contribution in [0.3, 0.4) is 0 Å². The minimum absolute atomic E-state index is 0.0247. The molecule has 5 atom stereocenters. The van der Waals surface area contributed by atoms with Crippen molar-refractivity contribution in [1.29, 1.82) is 0 Å². The number of hydrogen-bond acceptors (Lipinski definition) is 5. The van der Waals surface area contributed by atoms with Gasteiger partial charge < -0.3 is 10.1 Å². The Bertz CT molecular complexity index is 1330. The Kier molecular flexibility index (Phi) is 8.86. The lowest BCUT2D eigenvalue weighted by atomic mass is 9.69. The topological polar surface area (TPSA) is 98.2 Å². The van der Waals surface area contributed by atoms with E-state index in [1.165, 1.54) is 12.8 Å². The molecule has 0 unspecified atom stereocenters. The van der Waals surface area contributed by atoms with Crippen molar-refractivity contribution in [2.45, 2.75) is 134 Å². The van der Waals surface area contributed by atoms with E-state index in [-0.39, 0.29) is 35.1 Å². The number of rotatable bonds is 8. The van der Waals surface area contributed by atoms with Crippen molar-refractivity contribution in [1.82, 2.24) is 4.31 Å². The van der Waals surface area contributed by atoms with E-state index in [0.717, 1.165) is 76.2 Å². The molecule has 1 heterocycles. The van der Waals surface area contributed by atoms with Gasteiger partial charge >= 0.3 is 5.70 Å². The largest absolute Gasteiger partial charge is 0.758 e. The zero-order valence-electron chi connectivity index (χ0n) is 25.5. The van der Waals surface area contributed by atoms with Gasteiger partial charge in [-0.15, -0.1) is 0 Å². The van der Waals surface area contributed by atoms with E-state index in [4.69, 9.17) is 21.2 Å². The van der Waals surface area contributed by atoms with Crippen LogP contribution < -0.4 is 0 Å². The number of ether oxygens (including phenoxy) is 1. The highest BCUT2D eigenvalue weighted by molar-refractivity contribution is 7.89. The average Bonchev–Trinajstić information content (AvgIpc) is 3.33. The molecule has 236 valence electrons. The number of nitrogens with zero attached hydrogens (tertiary/aromatic N) is 3. The number of benzene rings is 1. The number of halogens is 1. The van der Waals surface area contributed by atoms with Crippen LogP contribution in [-0.4, -0.2) is 53.7 Å². The number of sulfonamides is 1. The van der Waals surface area contributed by atoms with Gasteiger partial charge in [-0.25, -0.2) is 8.42 Å². The summed E-state index contributed by atoms with van der Waals surface area (Å²) >= 11 is 6.10. The molecule has 0 N–H and O–H groups in total. The molecule has 4 saturated carbocycles. The molecule has 0 radical (unpaired) electrons. The third kappa shape index (κ3) is 5.74. The molecule has 1 aromatic carbocycles. The van der Waals surface area contributed by atoms with Gasteiger partial charge in [0.2, 0.25) is 10.0 Å². The lowest BCUT2D eigenvalue weighted by Gasteiger charge is -2.46. The summed E-state index contributed by atoms with van der Waals surface area (Å²) in [5.41, 5.74) is -0.0476. The molecule has 1 aliphatic heterocycles. The van der Waals surface area contributed by atoms with Gasteiger partial charge in [0.15, 0.2) is 0 Å². The lowest BCUT2D eigenvalue weighted by Crippen LogP contribution is -2.55. The van der Waals surface area contributed by atoms with Gasteiger partial charge in [-0.2, -0.15) is 15.0 Å². The van der Waals surface area contributed by atoms with E-state index in [9.17, 15) is 18.7 Å². The van der Waals surface area contributed by atoms with E-state index in [0.29, 0.717) is 22.3 Å². The van der Waals surface area contributed by atoms with Crippen LogP contribution >= 0.6 is 11.6 Å². The van der Waals surface area contributed by atoms with Gasteiger partial charge in [0, 0.05) is 28.9 Å². The molecule has 0 aromatic heterocycles. The summed E-state index contributed by atoms with van der Waals surface area (Å²) in [5, 5.41) is 10.3. The molecule has 4 aliphatic carbocycles. The van der Waals surface area contributed by atoms with E-state index >= 15 is 0 Å². The first-order chi connectivity index (χ1) is 20.6. The first-order valence-corrected chi connectivity index (χ1v) is 18.4. The van der Waals surface area contributed by atoms with Crippen molar-refractivity contribution in [2.75, 3.05) is 5.75 Å². The maximum atomic E-state index is 14.7. The van der Waals surface area contributed by atoms with E-state index in [2.05, 4.69) is 13.8 Å². The summed E-state index contributed by atoms with van der Waals surface area (Å²) in [6.45, 7) is 4.43. The molecule has 43 heavy (non-hydrogen) atoms. The number of allylic oxidation sites excluding steroid dienone is 1. The first-order valence-electron chi connectivity index (χ1n) is 16.4. The van der Waals surface area contributed by atoms with Crippen molar-refractivity contribution in [2.24, 2.45) is 16.7 Å². The van der Waals surface area contributed by atoms with Crippen molar-refractivity contribution in [3.8, 4) is 0 Å². The monoisotopic (exact) mass is 631 g/mol. The molecule has 0 amide bonds. The Morgan fingerprint density at radius 1 is 1.00 bits per heavy atom. The zero-order valence-corrected chi connectivity index (χ0v) is 27.1. The average molecular weight is 632 g/mol. The second-order valence-corrected chi connectivity index (χ2v) is 16.6. The standard InChI is InChI=1S/C33H46ClN3O5S/c1-32(2)24-17-18-33(32,22-43(39,40)36(26-9-5-3-6-10-26)27-11-7-4-8-12-27)30(19-24)41-31-20-28(29(21-35)37(38)42-31)23-13-15-25(34)16-14-23/h13-16,24,26-28,30-31H,3-12,17-20,22H2,1-2H3/t24-,28-,30-,31+,33-/m1/s1. The normalized spacial score (nSPS) is 33.5. The van der Waals surface area contributed by atoms with E-state index < -0.39 is 27.6 Å². The highest BCUT2D eigenvalue weighted by atomic mass is 35.5. The fourth-order valence-electron chi connectivity index (χ4n) is 9.36. The summed E-state index contributed by atoms with van der Waals surface area (Å²) in [7, 11) is -3.59. The second kappa shape index (κ2) is 12.2. The van der Waals surface area contributed by atoms with E-state index in [1.54, 1.807) is 12.1 Å². The maximum Gasteiger partial charge on any atom is 0.320 e. The Labute approximate surface area is 261 Å². The third-order valence-electron chi connectivity index (χ3n) is 11.9. The van der Waals surface area contributed by atoms with Crippen LogP contribution in [0.25, 0.3) is 5.41 Å². The summed E-state index contributed by atoms with van der Waals surface area (Å²) in [4.78, 5) is 18.8. The van der Waals surface area contributed by atoms with Crippen LogP contribution in [0.15, 0.2) is 30.0 Å². The summed E-state index contributed by atoms with van der Waals surface area (Å²) in [6, 6.07) is 7.32. The van der Waals surface area contributed by atoms with Crippen LogP contribution in [0.5, 0.6) is 0 Å². The van der Waals surface area contributed by atoms with Crippen LogP contribution in [-0.2, 0) is 19.6 Å². The Morgan fingerprint density at radius 3 is 2.16 bits per heavy atom. The molecule has 10 heteroatoms. The van der Waals surface area contributed by atoms with Gasteiger partial charge in [0.25, 0.3) is 11.2 Å². The summed E-state index contributed by atoms with van der Waals surface area (Å²) in [6.07, 6.45) is 12.1. The fourth-order valence-corrected chi connectivity index (χ4v) is 12.3. The van der Waals surface area contributed by atoms with Crippen LogP contribution in [0.4, 0.5) is 0 Å². The van der Waals surface area contributed by atoms with Gasteiger partial charge in [0.1, 0.15) is 0 Å². The fraction of sp³-hybridized carbons (Fsp3) is 0.758. The Morgan fingerprint density at radius 2 is 1.60 bits per heavy atom. The molecule has 1 aromatic rings. The molecule has 5 aliphatic rings. The van der Waals surface area contributed by atoms with E-state index in [1.807, 2.05) is 22.3 Å². The molecule has 1 saturated heterocycles. The predicted octanol–water partition coefficient (Wildman–Crippen LogP) is 7.50. The first kappa shape index (κ1) is 31.2. The third-order valence-corrected chi connectivity index (χ3v) is 14.2. The minimum Gasteiger partial charge on any atom is -0.758 e. The zero-order chi connectivity index (χ0) is 30.4. The van der Waals surface area contributed by atoms with Gasteiger partial charge in [0.05, 0.1) is 22.7 Å². The molecule has 0 spiro atoms. The molecule has 6 rings (SSSR count).